The van der Waals surface area contributed by atoms with Crippen LogP contribution >= 0.6 is 0 Å². The smallest absolute Gasteiger partial charge is 0.227 e. The van der Waals surface area contributed by atoms with Crippen LogP contribution < -0.4 is 4.90 Å². The fourth-order valence-electron chi connectivity index (χ4n) is 4.03. The number of amides is 1. The number of anilines is 1. The number of imidazole rings is 1. The van der Waals surface area contributed by atoms with Gasteiger partial charge in [-0.15, -0.1) is 0 Å². The van der Waals surface area contributed by atoms with Gasteiger partial charge in [-0.25, -0.2) is 4.98 Å². The summed E-state index contributed by atoms with van der Waals surface area (Å²) in [5, 5.41) is 8.92. The van der Waals surface area contributed by atoms with Crippen molar-refractivity contribution in [2.75, 3.05) is 24.5 Å². The van der Waals surface area contributed by atoms with Crippen molar-refractivity contribution in [2.45, 2.75) is 19.4 Å². The van der Waals surface area contributed by atoms with Gasteiger partial charge in [-0.05, 0) is 37.2 Å². The van der Waals surface area contributed by atoms with Gasteiger partial charge in [0.05, 0.1) is 18.2 Å². The first-order chi connectivity index (χ1) is 12.1. The SMILES string of the molecule is Cn1ccnc1CN1CCC2(CC(=O)N(c3ccc(C#N)cc3)C2)C1. The molecule has 6 nitrogen and oxygen atoms in total. The molecule has 1 aromatic heterocycles. The van der Waals surface area contributed by atoms with Gasteiger partial charge in [0.1, 0.15) is 5.82 Å². The van der Waals surface area contributed by atoms with Crippen LogP contribution in [-0.2, 0) is 18.4 Å². The van der Waals surface area contributed by atoms with Crippen LogP contribution in [-0.4, -0.2) is 40.0 Å². The van der Waals surface area contributed by atoms with Crippen LogP contribution in [0.4, 0.5) is 5.69 Å². The molecule has 0 saturated carbocycles. The highest BCUT2D eigenvalue weighted by Crippen LogP contribution is 2.42. The topological polar surface area (TPSA) is 65.2 Å². The molecular formula is C19H21N5O. The third-order valence-electron chi connectivity index (χ3n) is 5.43. The summed E-state index contributed by atoms with van der Waals surface area (Å²) in [6.07, 6.45) is 5.43. The van der Waals surface area contributed by atoms with Crippen LogP contribution in [0.3, 0.4) is 0 Å². The second-order valence-electron chi connectivity index (χ2n) is 7.23. The highest BCUT2D eigenvalue weighted by atomic mass is 16.2. The van der Waals surface area contributed by atoms with Crippen molar-refractivity contribution >= 4 is 11.6 Å². The van der Waals surface area contributed by atoms with Gasteiger partial charge in [-0.2, -0.15) is 5.26 Å². The molecule has 0 bridgehead atoms. The molecule has 1 unspecified atom stereocenters. The van der Waals surface area contributed by atoms with Gasteiger partial charge in [0, 0.05) is 50.1 Å². The highest BCUT2D eigenvalue weighted by Gasteiger charge is 2.47. The Balaban J connectivity index is 1.46. The number of hydrogen-bond acceptors (Lipinski definition) is 4. The fourth-order valence-corrected chi connectivity index (χ4v) is 4.03. The maximum atomic E-state index is 12.6. The zero-order valence-corrected chi connectivity index (χ0v) is 14.4. The van der Waals surface area contributed by atoms with Crippen LogP contribution in [0.5, 0.6) is 0 Å². The first kappa shape index (κ1) is 15.9. The number of nitriles is 1. The second kappa shape index (κ2) is 6.01. The molecule has 25 heavy (non-hydrogen) atoms. The minimum absolute atomic E-state index is 0.0378. The largest absolute Gasteiger partial charge is 0.337 e. The molecule has 2 aliphatic rings. The van der Waals surface area contributed by atoms with Crippen molar-refractivity contribution in [1.29, 1.82) is 5.26 Å². The zero-order valence-electron chi connectivity index (χ0n) is 14.4. The van der Waals surface area contributed by atoms with E-state index in [1.165, 1.54) is 0 Å². The number of benzene rings is 1. The monoisotopic (exact) mass is 335 g/mol. The summed E-state index contributed by atoms with van der Waals surface area (Å²) in [5.41, 5.74) is 1.55. The molecule has 128 valence electrons. The fraction of sp³-hybridized carbons (Fsp3) is 0.421. The van der Waals surface area contributed by atoms with E-state index in [-0.39, 0.29) is 11.3 Å². The minimum atomic E-state index is 0.0378. The predicted molar refractivity (Wildman–Crippen MR) is 93.7 cm³/mol. The Bertz CT molecular complexity index is 834. The zero-order chi connectivity index (χ0) is 17.4. The summed E-state index contributed by atoms with van der Waals surface area (Å²) in [6.45, 7) is 3.52. The Morgan fingerprint density at radius 2 is 2.08 bits per heavy atom. The Labute approximate surface area is 147 Å². The Kier molecular flexibility index (Phi) is 3.81. The molecule has 1 aromatic carbocycles. The van der Waals surface area contributed by atoms with Crippen molar-refractivity contribution in [3.8, 4) is 6.07 Å². The number of nitrogens with zero attached hydrogens (tertiary/aromatic N) is 5. The Morgan fingerprint density at radius 3 is 2.76 bits per heavy atom. The first-order valence-corrected chi connectivity index (χ1v) is 8.58. The molecule has 6 heteroatoms. The number of likely N-dealkylation sites (tertiary alicyclic amines) is 1. The number of hydrogen-bond donors (Lipinski definition) is 0. The van der Waals surface area contributed by atoms with Gasteiger partial charge < -0.3 is 9.47 Å². The van der Waals surface area contributed by atoms with E-state index in [0.29, 0.717) is 12.0 Å². The molecule has 2 fully saturated rings. The summed E-state index contributed by atoms with van der Waals surface area (Å²) in [6, 6.07) is 9.41. The normalized spacial score (nSPS) is 23.5. The average molecular weight is 335 g/mol. The summed E-state index contributed by atoms with van der Waals surface area (Å²) < 4.78 is 2.05. The lowest BCUT2D eigenvalue weighted by Gasteiger charge is -2.24. The van der Waals surface area contributed by atoms with E-state index in [1.54, 1.807) is 12.1 Å². The van der Waals surface area contributed by atoms with Crippen molar-refractivity contribution in [3.63, 3.8) is 0 Å². The molecule has 0 aliphatic carbocycles. The van der Waals surface area contributed by atoms with E-state index >= 15 is 0 Å². The lowest BCUT2D eigenvalue weighted by Crippen LogP contribution is -2.31. The van der Waals surface area contributed by atoms with Crippen LogP contribution in [0, 0.1) is 16.7 Å². The van der Waals surface area contributed by atoms with Crippen molar-refractivity contribution in [3.05, 3.63) is 48.0 Å². The number of rotatable bonds is 3. The van der Waals surface area contributed by atoms with Gasteiger partial charge in [0.25, 0.3) is 0 Å². The van der Waals surface area contributed by atoms with E-state index in [4.69, 9.17) is 5.26 Å². The maximum Gasteiger partial charge on any atom is 0.227 e. The molecule has 2 aliphatic heterocycles. The van der Waals surface area contributed by atoms with Crippen molar-refractivity contribution in [1.82, 2.24) is 14.5 Å². The standard InChI is InChI=1S/C19H21N5O/c1-22-9-7-21-17(22)12-23-8-6-19(13-23)10-18(25)24(14-19)16-4-2-15(11-20)3-5-16/h2-5,7,9H,6,8,10,12-14H2,1H3. The van der Waals surface area contributed by atoms with Gasteiger partial charge >= 0.3 is 0 Å². The first-order valence-electron chi connectivity index (χ1n) is 8.58. The molecule has 0 radical (unpaired) electrons. The van der Waals surface area contributed by atoms with E-state index in [2.05, 4.69) is 16.0 Å². The molecule has 1 spiro atoms. The third kappa shape index (κ3) is 2.92. The summed E-state index contributed by atoms with van der Waals surface area (Å²) in [4.78, 5) is 21.3. The quantitative estimate of drug-likeness (QED) is 0.859. The number of carbonyl (C=O) groups excluding carboxylic acids is 1. The number of carbonyl (C=O) groups is 1. The predicted octanol–water partition coefficient (Wildman–Crippen LogP) is 1.92. The van der Waals surface area contributed by atoms with Gasteiger partial charge in [-0.1, -0.05) is 0 Å². The van der Waals surface area contributed by atoms with E-state index in [9.17, 15) is 4.79 Å². The lowest BCUT2D eigenvalue weighted by atomic mass is 9.86. The number of aromatic nitrogens is 2. The van der Waals surface area contributed by atoms with Crippen LogP contribution in [0.25, 0.3) is 0 Å². The minimum Gasteiger partial charge on any atom is -0.337 e. The average Bonchev–Trinajstić information content (AvgIpc) is 3.29. The molecule has 2 aromatic rings. The van der Waals surface area contributed by atoms with Crippen LogP contribution in [0.1, 0.15) is 24.2 Å². The molecule has 1 amide bonds. The van der Waals surface area contributed by atoms with Gasteiger partial charge in [0.2, 0.25) is 5.91 Å². The molecule has 1 atom stereocenters. The van der Waals surface area contributed by atoms with E-state index in [1.807, 2.05) is 41.0 Å². The summed E-state index contributed by atoms with van der Waals surface area (Å²) in [5.74, 6) is 1.24. The molecule has 4 rings (SSSR count). The van der Waals surface area contributed by atoms with Crippen molar-refractivity contribution in [2.24, 2.45) is 12.5 Å². The van der Waals surface area contributed by atoms with E-state index < -0.39 is 0 Å². The Hall–Kier alpha value is -2.65. The summed E-state index contributed by atoms with van der Waals surface area (Å²) >= 11 is 0. The summed E-state index contributed by atoms with van der Waals surface area (Å²) in [7, 11) is 2.01. The van der Waals surface area contributed by atoms with Gasteiger partial charge in [-0.3, -0.25) is 9.69 Å². The van der Waals surface area contributed by atoms with E-state index in [0.717, 1.165) is 44.1 Å². The second-order valence-corrected chi connectivity index (χ2v) is 7.23. The molecular weight excluding hydrogens is 314 g/mol. The van der Waals surface area contributed by atoms with Crippen molar-refractivity contribution < 1.29 is 4.79 Å². The molecule has 3 heterocycles. The Morgan fingerprint density at radius 1 is 1.28 bits per heavy atom. The van der Waals surface area contributed by atoms with Crippen LogP contribution in [0.2, 0.25) is 0 Å². The maximum absolute atomic E-state index is 12.6. The van der Waals surface area contributed by atoms with Crippen LogP contribution in [0.15, 0.2) is 36.7 Å². The van der Waals surface area contributed by atoms with Gasteiger partial charge in [0.15, 0.2) is 0 Å². The number of aryl methyl sites for hydroxylation is 1. The third-order valence-corrected chi connectivity index (χ3v) is 5.43. The lowest BCUT2D eigenvalue weighted by molar-refractivity contribution is -0.117. The molecule has 2 saturated heterocycles. The molecule has 0 N–H and O–H groups in total. The highest BCUT2D eigenvalue weighted by molar-refractivity contribution is 5.96.